The molecule has 0 bridgehead atoms. The van der Waals surface area contributed by atoms with Gasteiger partial charge in [-0.05, 0) is 12.5 Å². The molecular weight excluding hydrogens is 204 g/mol. The fraction of sp³-hybridized carbons (Fsp3) is 0.273. The van der Waals surface area contributed by atoms with Crippen molar-refractivity contribution in [1.82, 2.24) is 10.6 Å². The van der Waals surface area contributed by atoms with E-state index in [-0.39, 0.29) is 11.9 Å². The summed E-state index contributed by atoms with van der Waals surface area (Å²) in [4.78, 5) is 11.4. The van der Waals surface area contributed by atoms with Crippen molar-refractivity contribution in [2.45, 2.75) is 13.0 Å². The molecule has 0 fully saturated rings. The molecule has 1 unspecified atom stereocenters. The molecule has 0 saturated carbocycles. The lowest BCUT2D eigenvalue weighted by Crippen LogP contribution is -2.42. The number of carbonyl (C=O) groups is 1. The summed E-state index contributed by atoms with van der Waals surface area (Å²) >= 11 is 0. The summed E-state index contributed by atoms with van der Waals surface area (Å²) in [5.74, 6) is -0.0857. The van der Waals surface area contributed by atoms with Crippen molar-refractivity contribution in [3.63, 3.8) is 0 Å². The smallest absolute Gasteiger partial charge is 0.315 e. The number of hydrogen-bond donors (Lipinski definition) is 4. The summed E-state index contributed by atoms with van der Waals surface area (Å²) in [5, 5.41) is 12.7. The van der Waals surface area contributed by atoms with E-state index in [0.717, 1.165) is 5.56 Å². The van der Waals surface area contributed by atoms with Gasteiger partial charge in [-0.15, -0.1) is 0 Å². The Morgan fingerprint density at radius 2 is 2.06 bits per heavy atom. The van der Waals surface area contributed by atoms with E-state index in [4.69, 9.17) is 11.1 Å². The van der Waals surface area contributed by atoms with Gasteiger partial charge < -0.3 is 16.4 Å². The third-order valence-corrected chi connectivity index (χ3v) is 2.06. The maximum atomic E-state index is 11.4. The minimum absolute atomic E-state index is 0.0857. The lowest BCUT2D eigenvalue weighted by molar-refractivity contribution is 0.240. The van der Waals surface area contributed by atoms with Crippen molar-refractivity contribution in [3.05, 3.63) is 35.9 Å². The first-order valence-electron chi connectivity index (χ1n) is 5.08. The number of carbonyl (C=O) groups excluding carboxylic acids is 1. The van der Waals surface area contributed by atoms with Crippen molar-refractivity contribution >= 4 is 11.9 Å². The van der Waals surface area contributed by atoms with Crippen molar-refractivity contribution in [1.29, 1.82) is 5.41 Å². The largest absolute Gasteiger partial charge is 0.386 e. The zero-order chi connectivity index (χ0) is 12.0. The predicted octanol–water partition coefficient (Wildman–Crippen LogP) is 0.983. The van der Waals surface area contributed by atoms with Gasteiger partial charge in [0.05, 0.1) is 0 Å². The van der Waals surface area contributed by atoms with E-state index in [1.165, 1.54) is 0 Å². The Balaban J connectivity index is 2.77. The molecule has 0 aliphatic carbocycles. The van der Waals surface area contributed by atoms with Crippen LogP contribution in [0, 0.1) is 5.41 Å². The van der Waals surface area contributed by atoms with E-state index in [1.807, 2.05) is 37.3 Å². The van der Waals surface area contributed by atoms with Gasteiger partial charge in [0.25, 0.3) is 0 Å². The molecule has 1 aromatic carbocycles. The SMILES string of the molecule is CCNC(=O)NC(C(=N)N)c1ccccc1. The van der Waals surface area contributed by atoms with Gasteiger partial charge in [0, 0.05) is 6.54 Å². The summed E-state index contributed by atoms with van der Waals surface area (Å²) < 4.78 is 0. The van der Waals surface area contributed by atoms with Crippen molar-refractivity contribution < 1.29 is 4.79 Å². The summed E-state index contributed by atoms with van der Waals surface area (Å²) in [7, 11) is 0. The van der Waals surface area contributed by atoms with Crippen LogP contribution in [0.25, 0.3) is 0 Å². The van der Waals surface area contributed by atoms with Gasteiger partial charge in [-0.3, -0.25) is 5.41 Å². The van der Waals surface area contributed by atoms with Crippen LogP contribution in [0.2, 0.25) is 0 Å². The van der Waals surface area contributed by atoms with E-state index in [0.29, 0.717) is 6.54 Å². The number of amidine groups is 1. The molecule has 16 heavy (non-hydrogen) atoms. The number of amides is 2. The molecular formula is C11H16N4O. The Labute approximate surface area is 94.5 Å². The Morgan fingerprint density at radius 3 is 2.56 bits per heavy atom. The highest BCUT2D eigenvalue weighted by Gasteiger charge is 2.16. The van der Waals surface area contributed by atoms with Crippen LogP contribution in [-0.2, 0) is 0 Å². The maximum absolute atomic E-state index is 11.4. The fourth-order valence-corrected chi connectivity index (χ4v) is 1.33. The molecule has 2 amide bonds. The second-order valence-electron chi connectivity index (χ2n) is 3.30. The van der Waals surface area contributed by atoms with E-state index < -0.39 is 6.04 Å². The molecule has 86 valence electrons. The standard InChI is InChI=1S/C11H16N4O/c1-2-14-11(16)15-9(10(12)13)8-6-4-3-5-7-8/h3-7,9H,2H2,1H3,(H3,12,13)(H2,14,15,16). The molecule has 1 atom stereocenters. The van der Waals surface area contributed by atoms with E-state index in [9.17, 15) is 4.79 Å². The Kier molecular flexibility index (Phi) is 4.32. The molecule has 5 N–H and O–H groups in total. The Bertz CT molecular complexity index is 364. The molecule has 0 saturated heterocycles. The van der Waals surface area contributed by atoms with Crippen molar-refractivity contribution in [2.75, 3.05) is 6.54 Å². The van der Waals surface area contributed by atoms with Crippen molar-refractivity contribution in [3.8, 4) is 0 Å². The van der Waals surface area contributed by atoms with Gasteiger partial charge in [-0.25, -0.2) is 4.79 Å². The monoisotopic (exact) mass is 220 g/mol. The second kappa shape index (κ2) is 5.75. The summed E-state index contributed by atoms with van der Waals surface area (Å²) in [6.45, 7) is 2.36. The second-order valence-corrected chi connectivity index (χ2v) is 3.30. The number of nitrogens with one attached hydrogen (secondary N) is 3. The molecule has 1 aromatic rings. The Hall–Kier alpha value is -2.04. The average Bonchev–Trinajstić information content (AvgIpc) is 2.27. The number of urea groups is 1. The van der Waals surface area contributed by atoms with Crippen LogP contribution in [0.5, 0.6) is 0 Å². The Morgan fingerprint density at radius 1 is 1.44 bits per heavy atom. The van der Waals surface area contributed by atoms with E-state index >= 15 is 0 Å². The molecule has 0 aromatic heterocycles. The van der Waals surface area contributed by atoms with Crippen LogP contribution in [0.1, 0.15) is 18.5 Å². The molecule has 0 radical (unpaired) electrons. The lowest BCUT2D eigenvalue weighted by Gasteiger charge is -2.17. The van der Waals surface area contributed by atoms with Crippen LogP contribution in [0.15, 0.2) is 30.3 Å². The summed E-state index contributed by atoms with van der Waals surface area (Å²) in [6, 6.07) is 8.28. The summed E-state index contributed by atoms with van der Waals surface area (Å²) in [5.41, 5.74) is 6.25. The first kappa shape index (κ1) is 12.0. The quantitative estimate of drug-likeness (QED) is 0.450. The highest BCUT2D eigenvalue weighted by Crippen LogP contribution is 2.11. The minimum Gasteiger partial charge on any atom is -0.386 e. The van der Waals surface area contributed by atoms with E-state index in [2.05, 4.69) is 10.6 Å². The number of benzene rings is 1. The van der Waals surface area contributed by atoms with Crippen LogP contribution in [0.3, 0.4) is 0 Å². The van der Waals surface area contributed by atoms with E-state index in [1.54, 1.807) is 0 Å². The zero-order valence-electron chi connectivity index (χ0n) is 9.16. The minimum atomic E-state index is -0.576. The van der Waals surface area contributed by atoms with Gasteiger partial charge in [0.15, 0.2) is 0 Å². The number of nitrogens with two attached hydrogens (primary N) is 1. The summed E-state index contributed by atoms with van der Waals surface area (Å²) in [6.07, 6.45) is 0. The van der Waals surface area contributed by atoms with Crippen LogP contribution in [-0.4, -0.2) is 18.4 Å². The van der Waals surface area contributed by atoms with Gasteiger partial charge in [-0.1, -0.05) is 30.3 Å². The van der Waals surface area contributed by atoms with Crippen LogP contribution in [0.4, 0.5) is 4.79 Å². The van der Waals surface area contributed by atoms with Crippen LogP contribution >= 0.6 is 0 Å². The zero-order valence-corrected chi connectivity index (χ0v) is 9.16. The van der Waals surface area contributed by atoms with Gasteiger partial charge >= 0.3 is 6.03 Å². The molecule has 0 spiro atoms. The highest BCUT2D eigenvalue weighted by molar-refractivity contribution is 5.88. The third kappa shape index (κ3) is 3.27. The topological polar surface area (TPSA) is 91.0 Å². The van der Waals surface area contributed by atoms with Gasteiger partial charge in [0.2, 0.25) is 0 Å². The molecule has 5 heteroatoms. The van der Waals surface area contributed by atoms with Gasteiger partial charge in [-0.2, -0.15) is 0 Å². The fourth-order valence-electron chi connectivity index (χ4n) is 1.33. The van der Waals surface area contributed by atoms with Gasteiger partial charge in [0.1, 0.15) is 11.9 Å². The first-order chi connectivity index (χ1) is 7.65. The number of rotatable bonds is 4. The van der Waals surface area contributed by atoms with Crippen molar-refractivity contribution in [2.24, 2.45) is 5.73 Å². The lowest BCUT2D eigenvalue weighted by atomic mass is 10.1. The average molecular weight is 220 g/mol. The normalized spacial score (nSPS) is 11.6. The number of hydrogen-bond acceptors (Lipinski definition) is 2. The van der Waals surface area contributed by atoms with Crippen LogP contribution < -0.4 is 16.4 Å². The third-order valence-electron chi connectivity index (χ3n) is 2.06. The predicted molar refractivity (Wildman–Crippen MR) is 63.3 cm³/mol. The molecule has 0 heterocycles. The first-order valence-corrected chi connectivity index (χ1v) is 5.08. The molecule has 1 rings (SSSR count). The molecule has 0 aliphatic rings. The maximum Gasteiger partial charge on any atom is 0.315 e. The molecule has 5 nitrogen and oxygen atoms in total. The molecule has 0 aliphatic heterocycles. The highest BCUT2D eigenvalue weighted by atomic mass is 16.2.